The fourth-order valence-corrected chi connectivity index (χ4v) is 2.40. The molecule has 1 aromatic heterocycles. The molecule has 1 aromatic rings. The van der Waals surface area contributed by atoms with Crippen LogP contribution in [0.2, 0.25) is 0 Å². The van der Waals surface area contributed by atoms with E-state index in [1.165, 1.54) is 68.3 Å². The Kier molecular flexibility index (Phi) is 6.39. The number of hydrogen-bond acceptors (Lipinski definition) is 0. The molecule has 1 heterocycles. The van der Waals surface area contributed by atoms with Gasteiger partial charge in [-0.3, -0.25) is 0 Å². The van der Waals surface area contributed by atoms with Crippen molar-refractivity contribution in [3.8, 4) is 0 Å². The van der Waals surface area contributed by atoms with Crippen molar-refractivity contribution < 1.29 is 0 Å². The second-order valence-electron chi connectivity index (χ2n) is 5.34. The lowest BCUT2D eigenvalue weighted by Gasteiger charge is -2.06. The van der Waals surface area contributed by atoms with Crippen molar-refractivity contribution in [2.24, 2.45) is 0 Å². The van der Waals surface area contributed by atoms with Crippen LogP contribution in [0.25, 0.3) is 0 Å². The maximum Gasteiger partial charge on any atom is 0.0222 e. The van der Waals surface area contributed by atoms with E-state index in [0.717, 1.165) is 0 Å². The van der Waals surface area contributed by atoms with Crippen LogP contribution in [0.3, 0.4) is 0 Å². The van der Waals surface area contributed by atoms with Gasteiger partial charge < -0.3 is 4.57 Å². The zero-order valence-electron chi connectivity index (χ0n) is 12.2. The molecule has 1 heteroatoms. The molecule has 0 aromatic carbocycles. The highest BCUT2D eigenvalue weighted by Crippen LogP contribution is 2.16. The molecule has 0 aliphatic heterocycles. The summed E-state index contributed by atoms with van der Waals surface area (Å²) in [6.45, 7) is 10.2. The summed E-state index contributed by atoms with van der Waals surface area (Å²) in [5.74, 6) is 0. The van der Waals surface area contributed by atoms with E-state index in [0.29, 0.717) is 0 Å². The number of hydrogen-bond donors (Lipinski definition) is 0. The van der Waals surface area contributed by atoms with E-state index in [4.69, 9.17) is 0 Å². The van der Waals surface area contributed by atoms with Gasteiger partial charge in [0.15, 0.2) is 0 Å². The highest BCUT2D eigenvalue weighted by atomic mass is 15.0. The molecule has 98 valence electrons. The quantitative estimate of drug-likeness (QED) is 0.548. The molecule has 0 atom stereocenters. The molecule has 0 radical (unpaired) electrons. The summed E-state index contributed by atoms with van der Waals surface area (Å²) < 4.78 is 2.43. The summed E-state index contributed by atoms with van der Waals surface area (Å²) >= 11 is 0. The summed E-state index contributed by atoms with van der Waals surface area (Å²) in [6, 6.07) is 0. The first-order valence-electron chi connectivity index (χ1n) is 7.29. The first-order valence-corrected chi connectivity index (χ1v) is 7.29. The number of rotatable bonds is 8. The van der Waals surface area contributed by atoms with Crippen LogP contribution in [-0.4, -0.2) is 4.57 Å². The number of unbranched alkanes of at least 4 members (excludes halogenated alkanes) is 6. The van der Waals surface area contributed by atoms with E-state index in [-0.39, 0.29) is 0 Å². The van der Waals surface area contributed by atoms with E-state index < -0.39 is 0 Å². The maximum absolute atomic E-state index is 2.43. The molecule has 0 aliphatic carbocycles. The van der Waals surface area contributed by atoms with Crippen LogP contribution in [0.15, 0.2) is 6.20 Å². The van der Waals surface area contributed by atoms with Crippen LogP contribution < -0.4 is 0 Å². The van der Waals surface area contributed by atoms with E-state index in [1.54, 1.807) is 0 Å². The largest absolute Gasteiger partial charge is 0.351 e. The van der Waals surface area contributed by atoms with Crippen LogP contribution in [0.5, 0.6) is 0 Å². The topological polar surface area (TPSA) is 4.93 Å². The molecule has 0 fully saturated rings. The van der Waals surface area contributed by atoms with Gasteiger partial charge in [-0.2, -0.15) is 0 Å². The van der Waals surface area contributed by atoms with Crippen molar-refractivity contribution in [3.05, 3.63) is 23.0 Å². The van der Waals surface area contributed by atoms with Gasteiger partial charge in [0.2, 0.25) is 0 Å². The van der Waals surface area contributed by atoms with Gasteiger partial charge in [0.05, 0.1) is 0 Å². The number of nitrogens with zero attached hydrogens (tertiary/aromatic N) is 1. The smallest absolute Gasteiger partial charge is 0.0222 e. The Bertz CT molecular complexity index is 323. The molecular formula is C16H29N. The predicted molar refractivity (Wildman–Crippen MR) is 76.6 cm³/mol. The summed E-state index contributed by atoms with van der Waals surface area (Å²) in [6.07, 6.45) is 12.1. The van der Waals surface area contributed by atoms with Gasteiger partial charge >= 0.3 is 0 Å². The Morgan fingerprint density at radius 1 is 0.882 bits per heavy atom. The van der Waals surface area contributed by atoms with Gasteiger partial charge in [-0.25, -0.2) is 0 Å². The summed E-state index contributed by atoms with van der Waals surface area (Å²) in [7, 11) is 0. The Morgan fingerprint density at radius 2 is 1.47 bits per heavy atom. The number of aryl methyl sites for hydroxylation is 2. The molecule has 0 bridgehead atoms. The second-order valence-corrected chi connectivity index (χ2v) is 5.34. The Balaban J connectivity index is 2.16. The van der Waals surface area contributed by atoms with E-state index in [2.05, 4.69) is 38.5 Å². The zero-order valence-corrected chi connectivity index (χ0v) is 12.2. The lowest BCUT2D eigenvalue weighted by atomic mass is 10.1. The van der Waals surface area contributed by atoms with Crippen LogP contribution in [0.1, 0.15) is 68.7 Å². The van der Waals surface area contributed by atoms with Gasteiger partial charge in [-0.15, -0.1) is 0 Å². The van der Waals surface area contributed by atoms with Crippen LogP contribution >= 0.6 is 0 Å². The molecule has 1 nitrogen and oxygen atoms in total. The fourth-order valence-electron chi connectivity index (χ4n) is 2.40. The third-order valence-electron chi connectivity index (χ3n) is 3.92. The van der Waals surface area contributed by atoms with Gasteiger partial charge in [0, 0.05) is 18.4 Å². The number of aromatic nitrogens is 1. The van der Waals surface area contributed by atoms with Crippen molar-refractivity contribution in [2.75, 3.05) is 0 Å². The van der Waals surface area contributed by atoms with Crippen molar-refractivity contribution in [2.45, 2.75) is 79.2 Å². The summed E-state index contributed by atoms with van der Waals surface area (Å²) in [5.41, 5.74) is 4.35. The van der Waals surface area contributed by atoms with Gasteiger partial charge in [0.25, 0.3) is 0 Å². The standard InChI is InChI=1S/C16H29N/c1-5-6-7-8-9-10-11-12-17-13-14(2)15(3)16(17)4/h13H,5-12H2,1-4H3. The van der Waals surface area contributed by atoms with Crippen molar-refractivity contribution in [1.82, 2.24) is 4.57 Å². The van der Waals surface area contributed by atoms with Crippen LogP contribution in [0.4, 0.5) is 0 Å². The predicted octanol–water partition coefficient (Wildman–Crippen LogP) is 5.16. The van der Waals surface area contributed by atoms with Crippen molar-refractivity contribution >= 4 is 0 Å². The molecule has 0 amide bonds. The average Bonchev–Trinajstić information content (AvgIpc) is 2.56. The van der Waals surface area contributed by atoms with Crippen LogP contribution in [0, 0.1) is 20.8 Å². The summed E-state index contributed by atoms with van der Waals surface area (Å²) in [4.78, 5) is 0. The van der Waals surface area contributed by atoms with Gasteiger partial charge in [-0.1, -0.05) is 45.4 Å². The van der Waals surface area contributed by atoms with Crippen molar-refractivity contribution in [3.63, 3.8) is 0 Å². The Labute approximate surface area is 107 Å². The normalized spacial score (nSPS) is 11.1. The van der Waals surface area contributed by atoms with Gasteiger partial charge in [-0.05, 0) is 38.3 Å². The maximum atomic E-state index is 2.43. The monoisotopic (exact) mass is 235 g/mol. The van der Waals surface area contributed by atoms with E-state index in [9.17, 15) is 0 Å². The van der Waals surface area contributed by atoms with Crippen molar-refractivity contribution in [1.29, 1.82) is 0 Å². The van der Waals surface area contributed by atoms with Gasteiger partial charge in [0.1, 0.15) is 0 Å². The highest BCUT2D eigenvalue weighted by Gasteiger charge is 2.04. The minimum absolute atomic E-state index is 1.20. The summed E-state index contributed by atoms with van der Waals surface area (Å²) in [5, 5.41) is 0. The molecular weight excluding hydrogens is 206 g/mol. The second kappa shape index (κ2) is 7.58. The third kappa shape index (κ3) is 4.57. The molecule has 1 rings (SSSR count). The molecule has 0 unspecified atom stereocenters. The van der Waals surface area contributed by atoms with E-state index >= 15 is 0 Å². The highest BCUT2D eigenvalue weighted by molar-refractivity contribution is 5.28. The first-order chi connectivity index (χ1) is 8.16. The lowest BCUT2D eigenvalue weighted by molar-refractivity contribution is 0.546. The molecule has 0 aliphatic rings. The fraction of sp³-hybridized carbons (Fsp3) is 0.750. The molecule has 0 spiro atoms. The molecule has 0 saturated carbocycles. The lowest BCUT2D eigenvalue weighted by Crippen LogP contribution is -1.99. The zero-order chi connectivity index (χ0) is 12.7. The molecule has 0 N–H and O–H groups in total. The molecule has 17 heavy (non-hydrogen) atoms. The third-order valence-corrected chi connectivity index (χ3v) is 3.92. The minimum atomic E-state index is 1.20. The average molecular weight is 235 g/mol. The SMILES string of the molecule is CCCCCCCCCn1cc(C)c(C)c1C. The minimum Gasteiger partial charge on any atom is -0.351 e. The Hall–Kier alpha value is -0.720. The van der Waals surface area contributed by atoms with E-state index in [1.807, 2.05) is 0 Å². The first kappa shape index (κ1) is 14.3. The molecule has 0 saturated heterocycles. The van der Waals surface area contributed by atoms with Crippen LogP contribution in [-0.2, 0) is 6.54 Å². The Morgan fingerprint density at radius 3 is 2.00 bits per heavy atom.